The minimum absolute atomic E-state index is 0.331. The highest BCUT2D eigenvalue weighted by molar-refractivity contribution is 5.39. The van der Waals surface area contributed by atoms with Crippen LogP contribution in [0.2, 0.25) is 0 Å². The van der Waals surface area contributed by atoms with Gasteiger partial charge in [0, 0.05) is 11.8 Å². The minimum Gasteiger partial charge on any atom is -0.330 e. The molecule has 0 aromatic heterocycles. The lowest BCUT2D eigenvalue weighted by molar-refractivity contribution is 0.370. The molecule has 4 aromatic rings. The van der Waals surface area contributed by atoms with Crippen molar-refractivity contribution in [3.05, 3.63) is 144 Å². The second-order valence-corrected chi connectivity index (χ2v) is 10.3. The Hall–Kier alpha value is -3.16. The van der Waals surface area contributed by atoms with E-state index in [1.165, 1.54) is 67.2 Å². The van der Waals surface area contributed by atoms with Gasteiger partial charge in [-0.3, -0.25) is 0 Å². The van der Waals surface area contributed by atoms with Gasteiger partial charge < -0.3 is 5.73 Å². The molecule has 0 heterocycles. The van der Waals surface area contributed by atoms with E-state index in [0.29, 0.717) is 17.8 Å². The molecule has 0 radical (unpaired) electrons. The monoisotopic (exact) mass is 489 g/mol. The van der Waals surface area contributed by atoms with Gasteiger partial charge >= 0.3 is 0 Å². The second-order valence-electron chi connectivity index (χ2n) is 10.3. The zero-order valence-corrected chi connectivity index (χ0v) is 22.2. The summed E-state index contributed by atoms with van der Waals surface area (Å²) >= 11 is 0. The molecule has 0 spiro atoms. The minimum atomic E-state index is 0.331. The summed E-state index contributed by atoms with van der Waals surface area (Å²) in [6, 6.07) is 44.8. The first-order valence-corrected chi connectivity index (χ1v) is 14.3. The van der Waals surface area contributed by atoms with Crippen LogP contribution in [0.15, 0.2) is 121 Å². The van der Waals surface area contributed by atoms with Gasteiger partial charge in [-0.25, -0.2) is 0 Å². The van der Waals surface area contributed by atoms with Gasteiger partial charge in [-0.05, 0) is 47.6 Å². The highest BCUT2D eigenvalue weighted by atomic mass is 14.5. The summed E-state index contributed by atoms with van der Waals surface area (Å²) in [5, 5.41) is 0. The van der Waals surface area contributed by atoms with Gasteiger partial charge in [-0.1, -0.05) is 160 Å². The summed E-state index contributed by atoms with van der Waals surface area (Å²) in [5.41, 5.74) is 11.3. The fourth-order valence-corrected chi connectivity index (χ4v) is 5.95. The molecular formula is C36H43N. The third kappa shape index (κ3) is 7.91. The third-order valence-corrected chi connectivity index (χ3v) is 7.73. The Labute approximate surface area is 224 Å². The lowest BCUT2D eigenvalue weighted by Gasteiger charge is -2.36. The van der Waals surface area contributed by atoms with Crippen molar-refractivity contribution in [1.82, 2.24) is 0 Å². The van der Waals surface area contributed by atoms with Crippen molar-refractivity contribution < 1.29 is 0 Å². The largest absolute Gasteiger partial charge is 0.330 e. The van der Waals surface area contributed by atoms with Crippen LogP contribution in [-0.4, -0.2) is 6.54 Å². The molecule has 0 fully saturated rings. The zero-order valence-electron chi connectivity index (χ0n) is 22.2. The topological polar surface area (TPSA) is 26.0 Å². The maximum absolute atomic E-state index is 5.67. The molecule has 4 aromatic carbocycles. The molecule has 0 atom stereocenters. The highest BCUT2D eigenvalue weighted by Gasteiger charge is 2.33. The van der Waals surface area contributed by atoms with Crippen LogP contribution >= 0.6 is 0 Å². The first-order valence-electron chi connectivity index (χ1n) is 14.3. The van der Waals surface area contributed by atoms with Crippen molar-refractivity contribution in [2.45, 2.75) is 63.2 Å². The standard InChI is InChI=1S/C36H43N/c37-29-19-5-3-1-2-4-18-28-34(35(30-20-10-6-11-21-30)31-22-12-7-13-23-31)36(32-24-14-8-15-25-32)33-26-16-9-17-27-33/h6-17,20-27,34-36H,1-5,18-19,28-29,37H2. The number of nitrogens with two attached hydrogens (primary N) is 1. The summed E-state index contributed by atoms with van der Waals surface area (Å²) in [6.07, 6.45) is 10.1. The average molecular weight is 490 g/mol. The maximum atomic E-state index is 5.67. The second kappa shape index (κ2) is 15.2. The van der Waals surface area contributed by atoms with Crippen molar-refractivity contribution in [2.75, 3.05) is 6.54 Å². The number of benzene rings is 4. The van der Waals surface area contributed by atoms with Crippen molar-refractivity contribution >= 4 is 0 Å². The maximum Gasteiger partial charge on any atom is 0.0127 e. The fourth-order valence-electron chi connectivity index (χ4n) is 5.95. The van der Waals surface area contributed by atoms with E-state index in [1.807, 2.05) is 0 Å². The Bertz CT molecular complexity index is 946. The molecule has 1 nitrogen and oxygen atoms in total. The Kier molecular flexibility index (Phi) is 11.0. The number of rotatable bonds is 15. The summed E-state index contributed by atoms with van der Waals surface area (Å²) in [5.74, 6) is 1.11. The molecule has 4 rings (SSSR count). The average Bonchev–Trinajstić information content (AvgIpc) is 2.97. The SMILES string of the molecule is NCCCCCCCCCC(C(c1ccccc1)c1ccccc1)C(c1ccccc1)c1ccccc1. The van der Waals surface area contributed by atoms with E-state index < -0.39 is 0 Å². The normalized spacial score (nSPS) is 11.5. The van der Waals surface area contributed by atoms with Crippen molar-refractivity contribution in [2.24, 2.45) is 11.7 Å². The molecule has 1 heteroatoms. The van der Waals surface area contributed by atoms with E-state index >= 15 is 0 Å². The van der Waals surface area contributed by atoms with Crippen molar-refractivity contribution in [1.29, 1.82) is 0 Å². The Morgan fingerprint density at radius 2 is 0.676 bits per heavy atom. The predicted octanol–water partition coefficient (Wildman–Crippen LogP) is 9.35. The fraction of sp³-hybridized carbons (Fsp3) is 0.333. The molecule has 192 valence electrons. The smallest absolute Gasteiger partial charge is 0.0127 e. The van der Waals surface area contributed by atoms with Crippen LogP contribution < -0.4 is 5.73 Å². The summed E-state index contributed by atoms with van der Waals surface area (Å²) in [7, 11) is 0. The van der Waals surface area contributed by atoms with Crippen LogP contribution in [0.4, 0.5) is 0 Å². The number of hydrogen-bond acceptors (Lipinski definition) is 1. The van der Waals surface area contributed by atoms with Crippen molar-refractivity contribution in [3.63, 3.8) is 0 Å². The van der Waals surface area contributed by atoms with Gasteiger partial charge in [0.15, 0.2) is 0 Å². The molecule has 0 unspecified atom stereocenters. The molecule has 0 aliphatic rings. The van der Waals surface area contributed by atoms with E-state index in [2.05, 4.69) is 121 Å². The molecule has 2 N–H and O–H groups in total. The summed E-state index contributed by atoms with van der Waals surface area (Å²) < 4.78 is 0. The van der Waals surface area contributed by atoms with E-state index in [0.717, 1.165) is 13.0 Å². The van der Waals surface area contributed by atoms with E-state index in [9.17, 15) is 0 Å². The van der Waals surface area contributed by atoms with Gasteiger partial charge in [-0.15, -0.1) is 0 Å². The van der Waals surface area contributed by atoms with Crippen LogP contribution in [0.3, 0.4) is 0 Å². The molecule has 0 amide bonds. The molecule has 37 heavy (non-hydrogen) atoms. The molecule has 0 bridgehead atoms. The van der Waals surface area contributed by atoms with E-state index in [-0.39, 0.29) is 0 Å². The molecule has 0 saturated heterocycles. The molecule has 0 aliphatic carbocycles. The molecular weight excluding hydrogens is 446 g/mol. The Balaban J connectivity index is 1.68. The van der Waals surface area contributed by atoms with Crippen LogP contribution in [0.1, 0.15) is 85.5 Å². The summed E-state index contributed by atoms with van der Waals surface area (Å²) in [6.45, 7) is 0.822. The van der Waals surface area contributed by atoms with Crippen LogP contribution in [0.25, 0.3) is 0 Å². The third-order valence-electron chi connectivity index (χ3n) is 7.73. The van der Waals surface area contributed by atoms with Gasteiger partial charge in [0.05, 0.1) is 0 Å². The first kappa shape index (κ1) is 26.9. The van der Waals surface area contributed by atoms with Crippen LogP contribution in [0.5, 0.6) is 0 Å². The van der Waals surface area contributed by atoms with Crippen LogP contribution in [-0.2, 0) is 0 Å². The van der Waals surface area contributed by atoms with Gasteiger partial charge in [0.1, 0.15) is 0 Å². The first-order chi connectivity index (χ1) is 18.4. The predicted molar refractivity (Wildman–Crippen MR) is 159 cm³/mol. The van der Waals surface area contributed by atoms with E-state index in [1.54, 1.807) is 0 Å². The van der Waals surface area contributed by atoms with E-state index in [4.69, 9.17) is 5.73 Å². The van der Waals surface area contributed by atoms with Gasteiger partial charge in [0.2, 0.25) is 0 Å². The van der Waals surface area contributed by atoms with Gasteiger partial charge in [0.25, 0.3) is 0 Å². The molecule has 0 saturated carbocycles. The number of unbranched alkanes of at least 4 members (excludes halogenated alkanes) is 6. The Morgan fingerprint density at radius 1 is 0.378 bits per heavy atom. The quantitative estimate of drug-likeness (QED) is 0.165. The number of hydrogen-bond donors (Lipinski definition) is 1. The molecule has 0 aliphatic heterocycles. The highest BCUT2D eigenvalue weighted by Crippen LogP contribution is 2.46. The summed E-state index contributed by atoms with van der Waals surface area (Å²) in [4.78, 5) is 0. The zero-order chi connectivity index (χ0) is 25.5. The Morgan fingerprint density at radius 3 is 1.00 bits per heavy atom. The van der Waals surface area contributed by atoms with Crippen LogP contribution in [0, 0.1) is 5.92 Å². The lowest BCUT2D eigenvalue weighted by Crippen LogP contribution is -2.23. The lowest BCUT2D eigenvalue weighted by atomic mass is 9.68. The van der Waals surface area contributed by atoms with Gasteiger partial charge in [-0.2, -0.15) is 0 Å². The van der Waals surface area contributed by atoms with Crippen molar-refractivity contribution in [3.8, 4) is 0 Å².